The third-order valence-electron chi connectivity index (χ3n) is 4.96. The number of benzene rings is 2. The Hall–Kier alpha value is -2.54. The summed E-state index contributed by atoms with van der Waals surface area (Å²) in [5.74, 6) is 1.60. The van der Waals surface area contributed by atoms with Crippen LogP contribution in [0.25, 0.3) is 22.3 Å². The van der Waals surface area contributed by atoms with Crippen LogP contribution in [0.2, 0.25) is 0 Å². The van der Waals surface area contributed by atoms with Crippen molar-refractivity contribution >= 4 is 39.3 Å². The second-order valence-electron chi connectivity index (χ2n) is 6.82. The topological polar surface area (TPSA) is 50.7 Å². The van der Waals surface area contributed by atoms with Gasteiger partial charge in [0.1, 0.15) is 5.82 Å². The number of nitrogens with zero attached hydrogens (tertiary/aromatic N) is 3. The van der Waals surface area contributed by atoms with Gasteiger partial charge in [-0.25, -0.2) is 9.97 Å². The number of nitrogens with one attached hydrogen (secondary N) is 1. The molecule has 0 spiro atoms. The summed E-state index contributed by atoms with van der Waals surface area (Å²) < 4.78 is 1.29. The van der Waals surface area contributed by atoms with E-state index in [1.807, 2.05) is 30.3 Å². The van der Waals surface area contributed by atoms with E-state index in [1.54, 1.807) is 12.4 Å². The SMILES string of the molecule is Ic1ccc2c(c1)CC(Nc1nc(-c3cccnc3)nc3ccccc13)C2. The van der Waals surface area contributed by atoms with Gasteiger partial charge in [-0.2, -0.15) is 0 Å². The highest BCUT2D eigenvalue weighted by Gasteiger charge is 2.23. The molecular formula is C22H17IN4. The van der Waals surface area contributed by atoms with Crippen molar-refractivity contribution in [2.45, 2.75) is 18.9 Å². The first-order chi connectivity index (χ1) is 13.3. The quantitative estimate of drug-likeness (QED) is 0.440. The van der Waals surface area contributed by atoms with Crippen LogP contribution in [0.15, 0.2) is 67.0 Å². The third-order valence-corrected chi connectivity index (χ3v) is 5.64. The number of para-hydroxylation sites is 1. The molecule has 4 aromatic rings. The Bertz CT molecular complexity index is 1130. The van der Waals surface area contributed by atoms with Crippen LogP contribution in [0.5, 0.6) is 0 Å². The number of fused-ring (bicyclic) bond motifs is 2. The summed E-state index contributed by atoms with van der Waals surface area (Å²) in [5.41, 5.74) is 4.73. The van der Waals surface area contributed by atoms with E-state index in [0.717, 1.165) is 35.1 Å². The smallest absolute Gasteiger partial charge is 0.163 e. The fourth-order valence-electron chi connectivity index (χ4n) is 3.69. The lowest BCUT2D eigenvalue weighted by molar-refractivity contribution is 0.770. The molecule has 0 saturated heterocycles. The number of halogens is 1. The standard InChI is InChI=1S/C22H17IN4/c23-17-8-7-14-11-18(12-16(14)10-17)25-22-19-5-1-2-6-20(19)26-21(27-22)15-4-3-9-24-13-15/h1-10,13,18H,11-12H2,(H,25,26,27). The molecule has 1 unspecified atom stereocenters. The zero-order chi connectivity index (χ0) is 18.2. The second-order valence-corrected chi connectivity index (χ2v) is 8.06. The molecule has 1 N–H and O–H groups in total. The Kier molecular flexibility index (Phi) is 4.24. The van der Waals surface area contributed by atoms with Gasteiger partial charge in [0.25, 0.3) is 0 Å². The summed E-state index contributed by atoms with van der Waals surface area (Å²) in [6, 6.07) is 19.1. The summed E-state index contributed by atoms with van der Waals surface area (Å²) in [4.78, 5) is 13.8. The van der Waals surface area contributed by atoms with Crippen LogP contribution in [0.3, 0.4) is 0 Å². The summed E-state index contributed by atoms with van der Waals surface area (Å²) in [6.45, 7) is 0. The Labute approximate surface area is 171 Å². The molecule has 0 amide bonds. The highest BCUT2D eigenvalue weighted by molar-refractivity contribution is 14.1. The van der Waals surface area contributed by atoms with Crippen LogP contribution in [-0.2, 0) is 12.8 Å². The Morgan fingerprint density at radius 2 is 1.81 bits per heavy atom. The zero-order valence-electron chi connectivity index (χ0n) is 14.6. The van der Waals surface area contributed by atoms with Gasteiger partial charge in [0.15, 0.2) is 5.82 Å². The molecule has 2 aromatic carbocycles. The molecule has 5 heteroatoms. The van der Waals surface area contributed by atoms with E-state index in [2.05, 4.69) is 57.2 Å². The number of aromatic nitrogens is 3. The van der Waals surface area contributed by atoms with Gasteiger partial charge in [-0.15, -0.1) is 0 Å². The molecule has 4 nitrogen and oxygen atoms in total. The second kappa shape index (κ2) is 6.88. The molecule has 2 heterocycles. The molecule has 1 atom stereocenters. The van der Waals surface area contributed by atoms with Crippen LogP contribution in [0, 0.1) is 3.57 Å². The fraction of sp³-hybridized carbons (Fsp3) is 0.136. The van der Waals surface area contributed by atoms with Gasteiger partial charge in [0, 0.05) is 33.0 Å². The molecule has 2 aromatic heterocycles. The van der Waals surface area contributed by atoms with E-state index >= 15 is 0 Å². The molecule has 132 valence electrons. The van der Waals surface area contributed by atoms with Crippen molar-refractivity contribution in [1.82, 2.24) is 15.0 Å². The van der Waals surface area contributed by atoms with Gasteiger partial charge in [0.2, 0.25) is 0 Å². The van der Waals surface area contributed by atoms with Crippen molar-refractivity contribution in [3.8, 4) is 11.4 Å². The van der Waals surface area contributed by atoms with Crippen LogP contribution < -0.4 is 5.32 Å². The first-order valence-electron chi connectivity index (χ1n) is 8.97. The van der Waals surface area contributed by atoms with E-state index in [0.29, 0.717) is 11.9 Å². The predicted octanol–water partition coefficient (Wildman–Crippen LogP) is 4.88. The van der Waals surface area contributed by atoms with Crippen LogP contribution in [0.4, 0.5) is 5.82 Å². The minimum atomic E-state index is 0.346. The van der Waals surface area contributed by atoms with Crippen LogP contribution >= 0.6 is 22.6 Å². The van der Waals surface area contributed by atoms with Gasteiger partial charge in [0.05, 0.1) is 5.52 Å². The van der Waals surface area contributed by atoms with Crippen molar-refractivity contribution in [2.75, 3.05) is 5.32 Å². The average molecular weight is 464 g/mol. The van der Waals surface area contributed by atoms with Gasteiger partial charge < -0.3 is 5.32 Å². The molecular weight excluding hydrogens is 447 g/mol. The minimum absolute atomic E-state index is 0.346. The zero-order valence-corrected chi connectivity index (χ0v) is 16.7. The summed E-state index contributed by atoms with van der Waals surface area (Å²) >= 11 is 2.38. The lowest BCUT2D eigenvalue weighted by Gasteiger charge is -2.15. The third kappa shape index (κ3) is 3.27. The first kappa shape index (κ1) is 16.6. The number of pyridine rings is 1. The molecule has 0 bridgehead atoms. The Balaban J connectivity index is 1.53. The minimum Gasteiger partial charge on any atom is -0.366 e. The molecule has 0 radical (unpaired) electrons. The molecule has 1 aliphatic carbocycles. The largest absolute Gasteiger partial charge is 0.366 e. The van der Waals surface area contributed by atoms with E-state index in [1.165, 1.54) is 14.7 Å². The van der Waals surface area contributed by atoms with Gasteiger partial charge >= 0.3 is 0 Å². The highest BCUT2D eigenvalue weighted by atomic mass is 127. The maximum Gasteiger partial charge on any atom is 0.163 e. The van der Waals surface area contributed by atoms with Crippen molar-refractivity contribution in [2.24, 2.45) is 0 Å². The molecule has 1 aliphatic rings. The predicted molar refractivity (Wildman–Crippen MR) is 117 cm³/mol. The molecule has 0 fully saturated rings. The number of hydrogen-bond acceptors (Lipinski definition) is 4. The summed E-state index contributed by atoms with van der Waals surface area (Å²) in [5, 5.41) is 4.74. The maximum absolute atomic E-state index is 4.85. The van der Waals surface area contributed by atoms with Crippen molar-refractivity contribution < 1.29 is 0 Å². The average Bonchev–Trinajstić information content (AvgIpc) is 3.10. The lowest BCUT2D eigenvalue weighted by Crippen LogP contribution is -2.20. The molecule has 27 heavy (non-hydrogen) atoms. The van der Waals surface area contributed by atoms with Gasteiger partial charge in [-0.3, -0.25) is 4.98 Å². The lowest BCUT2D eigenvalue weighted by atomic mass is 10.1. The molecule has 5 rings (SSSR count). The Morgan fingerprint density at radius 1 is 0.926 bits per heavy atom. The highest BCUT2D eigenvalue weighted by Crippen LogP contribution is 2.29. The molecule has 0 aliphatic heterocycles. The first-order valence-corrected chi connectivity index (χ1v) is 10.1. The van der Waals surface area contributed by atoms with E-state index in [4.69, 9.17) is 9.97 Å². The van der Waals surface area contributed by atoms with E-state index in [-0.39, 0.29) is 0 Å². The summed E-state index contributed by atoms with van der Waals surface area (Å²) in [6.07, 6.45) is 5.61. The fourth-order valence-corrected chi connectivity index (χ4v) is 4.25. The Morgan fingerprint density at radius 3 is 2.70 bits per heavy atom. The normalized spacial score (nSPS) is 15.7. The number of anilines is 1. The van der Waals surface area contributed by atoms with Crippen LogP contribution in [0.1, 0.15) is 11.1 Å². The summed E-state index contributed by atoms with van der Waals surface area (Å²) in [7, 11) is 0. The van der Waals surface area contributed by atoms with Crippen molar-refractivity contribution in [3.63, 3.8) is 0 Å². The van der Waals surface area contributed by atoms with E-state index in [9.17, 15) is 0 Å². The number of hydrogen-bond donors (Lipinski definition) is 1. The molecule has 0 saturated carbocycles. The van der Waals surface area contributed by atoms with Crippen LogP contribution in [-0.4, -0.2) is 21.0 Å². The van der Waals surface area contributed by atoms with Gasteiger partial charge in [-0.1, -0.05) is 18.2 Å². The van der Waals surface area contributed by atoms with Gasteiger partial charge in [-0.05, 0) is 83.0 Å². The monoisotopic (exact) mass is 464 g/mol. The maximum atomic E-state index is 4.85. The van der Waals surface area contributed by atoms with E-state index < -0.39 is 0 Å². The van der Waals surface area contributed by atoms with Crippen molar-refractivity contribution in [3.05, 3.63) is 81.7 Å². The number of rotatable bonds is 3. The van der Waals surface area contributed by atoms with Crippen molar-refractivity contribution in [1.29, 1.82) is 0 Å².